The smallest absolute Gasteiger partial charge is 0.253 e. The van der Waals surface area contributed by atoms with Crippen molar-refractivity contribution in [2.45, 2.75) is 39.5 Å². The van der Waals surface area contributed by atoms with Gasteiger partial charge in [0.15, 0.2) is 5.75 Å². The molecule has 1 aliphatic heterocycles. The van der Waals surface area contributed by atoms with Crippen molar-refractivity contribution in [1.82, 2.24) is 9.97 Å². The molecular formula is C22H29N2NiO2Si-4. The third kappa shape index (κ3) is 8.66. The van der Waals surface area contributed by atoms with E-state index in [0.717, 1.165) is 35.7 Å². The van der Waals surface area contributed by atoms with Crippen LogP contribution >= 0.6 is 0 Å². The van der Waals surface area contributed by atoms with Crippen molar-refractivity contribution in [2.75, 3.05) is 13.2 Å². The molecule has 3 heterocycles. The Labute approximate surface area is 184 Å². The van der Waals surface area contributed by atoms with Gasteiger partial charge in [0, 0.05) is 27.9 Å². The number of aromatic nitrogens is 2. The molecule has 28 heavy (non-hydrogen) atoms. The molecule has 0 saturated heterocycles. The molecule has 3 rings (SSSR count). The fourth-order valence-electron chi connectivity index (χ4n) is 2.62. The number of fused-ring (bicyclic) bond motifs is 1. The van der Waals surface area contributed by atoms with Gasteiger partial charge in [0.25, 0.3) is 5.88 Å². The topological polar surface area (TPSA) is 44.2 Å². The molecule has 2 aromatic heterocycles. The van der Waals surface area contributed by atoms with Crippen LogP contribution in [0.2, 0.25) is 0 Å². The van der Waals surface area contributed by atoms with Gasteiger partial charge in [-0.3, -0.25) is 9.97 Å². The summed E-state index contributed by atoms with van der Waals surface area (Å²) >= 11 is 0. The SMILES string of the molecule is C[CH-]c1ccc2c(n1)OCCO2.[CH2-]CC[C@H]([CH2-])c1cc(C)nc(C)c1.[CH2-][Si].[Ni]. The minimum atomic E-state index is 0. The van der Waals surface area contributed by atoms with Crippen LogP contribution < -0.4 is 9.47 Å². The van der Waals surface area contributed by atoms with Gasteiger partial charge in [0.1, 0.15) is 13.2 Å². The molecule has 1 atom stereocenters. The van der Waals surface area contributed by atoms with Crippen molar-refractivity contribution in [3.63, 3.8) is 0 Å². The molecule has 1 aliphatic rings. The summed E-state index contributed by atoms with van der Waals surface area (Å²) in [6.07, 6.45) is 3.91. The Hall–Kier alpha value is -1.52. The average Bonchev–Trinajstić information content (AvgIpc) is 2.69. The predicted molar refractivity (Wildman–Crippen MR) is 112 cm³/mol. The third-order valence-electron chi connectivity index (χ3n) is 3.85. The van der Waals surface area contributed by atoms with E-state index in [-0.39, 0.29) is 16.5 Å². The zero-order valence-corrected chi connectivity index (χ0v) is 18.9. The van der Waals surface area contributed by atoms with E-state index in [1.165, 1.54) is 5.56 Å². The largest absolute Gasteiger partial charge is 0.486 e. The molecule has 2 aromatic rings. The summed E-state index contributed by atoms with van der Waals surface area (Å²) in [6, 6.07) is 8.02. The number of rotatable bonds is 4. The standard InChI is InChI=1S/C12H17N.C9H10NO2.CH2Si.Ni/c1-5-6-9(2)12-7-10(3)13-11(4)8-12;1-2-7-3-4-8-9(10-7)12-6-5-11-8;1-2;/h7-9H,1-2,5-6H2,3-4H3;2-4H,5-6H2,1H3;1H2;/q-2;2*-1;/t9-;;;/m0.../s1. The van der Waals surface area contributed by atoms with E-state index in [0.29, 0.717) is 25.0 Å². The summed E-state index contributed by atoms with van der Waals surface area (Å²) in [5, 5.41) is 0. The molecule has 3 radical (unpaired) electrons. The number of hydrogen-bond acceptors (Lipinski definition) is 4. The minimum Gasteiger partial charge on any atom is -0.486 e. The maximum atomic E-state index is 5.32. The summed E-state index contributed by atoms with van der Waals surface area (Å²) in [4.78, 5) is 8.56. The molecule has 4 nitrogen and oxygen atoms in total. The quantitative estimate of drug-likeness (QED) is 0.515. The first-order valence-electron chi connectivity index (χ1n) is 9.02. The van der Waals surface area contributed by atoms with Gasteiger partial charge in [-0.1, -0.05) is 17.3 Å². The molecule has 0 aromatic carbocycles. The van der Waals surface area contributed by atoms with E-state index < -0.39 is 0 Å². The zero-order valence-electron chi connectivity index (χ0n) is 16.9. The van der Waals surface area contributed by atoms with Crippen LogP contribution in [0.15, 0.2) is 24.3 Å². The zero-order chi connectivity index (χ0) is 20.2. The first kappa shape index (κ1) is 26.5. The number of pyridine rings is 2. The van der Waals surface area contributed by atoms with Crippen LogP contribution in [-0.2, 0) is 16.5 Å². The number of hydrogen-bond donors (Lipinski definition) is 0. The first-order chi connectivity index (χ1) is 13.0. The van der Waals surface area contributed by atoms with Crippen LogP contribution in [0.3, 0.4) is 0 Å². The van der Waals surface area contributed by atoms with Gasteiger partial charge < -0.3 is 29.9 Å². The van der Waals surface area contributed by atoms with E-state index in [2.05, 4.69) is 52.7 Å². The van der Waals surface area contributed by atoms with E-state index in [1.54, 1.807) is 0 Å². The normalized spacial score (nSPS) is 12.2. The van der Waals surface area contributed by atoms with Crippen molar-refractivity contribution in [1.29, 1.82) is 0 Å². The molecular weight excluding hydrogens is 411 g/mol. The number of ether oxygens (including phenoxy) is 2. The maximum Gasteiger partial charge on any atom is 0.253 e. The molecule has 0 spiro atoms. The van der Waals surface area contributed by atoms with Crippen molar-refractivity contribution >= 4 is 10.2 Å². The molecule has 0 unspecified atom stereocenters. The van der Waals surface area contributed by atoms with Crippen LogP contribution in [0.4, 0.5) is 0 Å². The van der Waals surface area contributed by atoms with Crippen molar-refractivity contribution in [3.05, 3.63) is 73.7 Å². The molecule has 0 N–H and O–H groups in total. The van der Waals surface area contributed by atoms with Gasteiger partial charge in [0.2, 0.25) is 0 Å². The van der Waals surface area contributed by atoms with E-state index in [4.69, 9.17) is 9.47 Å². The Kier molecular flexibility index (Phi) is 13.7. The molecule has 0 bridgehead atoms. The second kappa shape index (κ2) is 14.5. The molecule has 0 saturated carbocycles. The summed E-state index contributed by atoms with van der Waals surface area (Å²) in [5.41, 5.74) is 4.35. The minimum absolute atomic E-state index is 0. The van der Waals surface area contributed by atoms with Gasteiger partial charge in [-0.25, -0.2) is 16.7 Å². The maximum absolute atomic E-state index is 5.32. The summed E-state index contributed by atoms with van der Waals surface area (Å²) in [7, 11) is 2.72. The Morgan fingerprint density at radius 3 is 2.29 bits per heavy atom. The van der Waals surface area contributed by atoms with E-state index in [9.17, 15) is 0 Å². The Bertz CT molecular complexity index is 678. The van der Waals surface area contributed by atoms with Crippen LogP contribution in [0, 0.1) is 40.7 Å². The Balaban J connectivity index is 0.000000464. The second-order valence-corrected chi connectivity index (χ2v) is 6.05. The predicted octanol–water partition coefficient (Wildman–Crippen LogP) is 4.60. The van der Waals surface area contributed by atoms with Crippen LogP contribution in [0.5, 0.6) is 11.6 Å². The average molecular weight is 440 g/mol. The fraction of sp³-hybridized carbons (Fsp3) is 0.364. The van der Waals surface area contributed by atoms with Crippen molar-refractivity contribution < 1.29 is 26.0 Å². The van der Waals surface area contributed by atoms with Gasteiger partial charge in [-0.05, 0) is 26.0 Å². The third-order valence-corrected chi connectivity index (χ3v) is 3.85. The van der Waals surface area contributed by atoms with E-state index in [1.807, 2.05) is 39.3 Å². The summed E-state index contributed by atoms with van der Waals surface area (Å²) in [5.74, 6) is 1.71. The Morgan fingerprint density at radius 1 is 1.11 bits per heavy atom. The first-order valence-corrected chi connectivity index (χ1v) is 9.73. The van der Waals surface area contributed by atoms with Crippen LogP contribution in [-0.4, -0.2) is 33.4 Å². The molecule has 0 amide bonds. The molecule has 157 valence electrons. The van der Waals surface area contributed by atoms with Gasteiger partial charge in [-0.15, -0.1) is 19.3 Å². The second-order valence-electron chi connectivity index (χ2n) is 6.05. The van der Waals surface area contributed by atoms with Crippen LogP contribution in [0.1, 0.15) is 48.3 Å². The molecule has 0 fully saturated rings. The summed E-state index contributed by atoms with van der Waals surface area (Å²) < 4.78 is 10.6. The van der Waals surface area contributed by atoms with E-state index >= 15 is 0 Å². The number of aryl methyl sites for hydroxylation is 2. The van der Waals surface area contributed by atoms with Crippen molar-refractivity contribution in [2.24, 2.45) is 0 Å². The summed E-state index contributed by atoms with van der Waals surface area (Å²) in [6.45, 7) is 18.2. The monoisotopic (exact) mass is 439 g/mol. The van der Waals surface area contributed by atoms with Crippen LogP contribution in [0.25, 0.3) is 0 Å². The molecule has 6 heteroatoms. The fourth-order valence-corrected chi connectivity index (χ4v) is 2.62. The van der Waals surface area contributed by atoms with Crippen molar-refractivity contribution in [3.8, 4) is 11.6 Å². The molecule has 0 aliphatic carbocycles. The van der Waals surface area contributed by atoms with Gasteiger partial charge in [0.05, 0.1) is 0 Å². The van der Waals surface area contributed by atoms with Gasteiger partial charge in [-0.2, -0.15) is 12.5 Å². The Morgan fingerprint density at radius 2 is 1.71 bits per heavy atom. The number of nitrogens with zero attached hydrogens (tertiary/aromatic N) is 2. The van der Waals surface area contributed by atoms with Gasteiger partial charge >= 0.3 is 0 Å².